The predicted octanol–water partition coefficient (Wildman–Crippen LogP) is 11.3. The summed E-state index contributed by atoms with van der Waals surface area (Å²) in [6.07, 6.45) is 32.1. The second-order valence-corrected chi connectivity index (χ2v) is 15.9. The molecule has 0 fully saturated rings. The van der Waals surface area contributed by atoms with Crippen LogP contribution in [-0.2, 0) is 23.8 Å². The van der Waals surface area contributed by atoms with Gasteiger partial charge in [0.15, 0.2) is 0 Å². The standard InChI is InChI=1S/C46H92N2O6/c1-5-9-13-22-30-44(29-12-8-4)43-54-46(51)32-24-19-17-21-26-34-47(37-39-52-41-42-53-40-38-49)33-25-20-16-18-23-31-45(50)48(35-27-14-10-6-2)36-28-15-11-7-3/h44,49H,5-43H2,1-4H3. The van der Waals surface area contributed by atoms with Crippen molar-refractivity contribution in [3.05, 3.63) is 0 Å². The van der Waals surface area contributed by atoms with Crippen LogP contribution in [0.1, 0.15) is 207 Å². The van der Waals surface area contributed by atoms with Gasteiger partial charge in [0.25, 0.3) is 0 Å². The number of aliphatic hydroxyl groups is 1. The fourth-order valence-electron chi connectivity index (χ4n) is 7.12. The first kappa shape index (κ1) is 52.8. The topological polar surface area (TPSA) is 88.5 Å². The molecule has 0 aliphatic carbocycles. The molecule has 0 aromatic heterocycles. The van der Waals surface area contributed by atoms with Gasteiger partial charge in [0.05, 0.1) is 39.6 Å². The van der Waals surface area contributed by atoms with E-state index in [4.69, 9.17) is 19.3 Å². The molecule has 322 valence electrons. The van der Waals surface area contributed by atoms with Crippen molar-refractivity contribution in [3.8, 4) is 0 Å². The van der Waals surface area contributed by atoms with Gasteiger partial charge in [-0.15, -0.1) is 0 Å². The van der Waals surface area contributed by atoms with Crippen LogP contribution in [-0.4, -0.2) is 99.1 Å². The molecule has 54 heavy (non-hydrogen) atoms. The number of amides is 1. The lowest BCUT2D eigenvalue weighted by atomic mass is 9.96. The molecule has 0 aromatic rings. The van der Waals surface area contributed by atoms with Gasteiger partial charge in [0, 0.05) is 32.5 Å². The smallest absolute Gasteiger partial charge is 0.305 e. The lowest BCUT2D eigenvalue weighted by Crippen LogP contribution is -2.32. The van der Waals surface area contributed by atoms with Gasteiger partial charge in [-0.2, -0.15) is 0 Å². The highest BCUT2D eigenvalue weighted by Crippen LogP contribution is 2.19. The Labute approximate surface area is 335 Å². The molecule has 0 aliphatic heterocycles. The summed E-state index contributed by atoms with van der Waals surface area (Å²) in [6, 6.07) is 0. The summed E-state index contributed by atoms with van der Waals surface area (Å²) in [5, 5.41) is 8.89. The molecule has 1 atom stereocenters. The number of esters is 1. The van der Waals surface area contributed by atoms with Crippen molar-refractivity contribution in [1.29, 1.82) is 0 Å². The Morgan fingerprint density at radius 1 is 0.481 bits per heavy atom. The number of hydrogen-bond acceptors (Lipinski definition) is 7. The number of nitrogens with zero attached hydrogens (tertiary/aromatic N) is 2. The highest BCUT2D eigenvalue weighted by molar-refractivity contribution is 5.76. The van der Waals surface area contributed by atoms with Crippen LogP contribution in [0, 0.1) is 5.92 Å². The van der Waals surface area contributed by atoms with Crippen LogP contribution in [0.4, 0.5) is 0 Å². The summed E-state index contributed by atoms with van der Waals surface area (Å²) in [6.45, 7) is 16.7. The second-order valence-electron chi connectivity index (χ2n) is 15.9. The molecule has 0 aliphatic rings. The number of carbonyl (C=O) groups excluding carboxylic acids is 2. The fraction of sp³-hybridized carbons (Fsp3) is 0.957. The van der Waals surface area contributed by atoms with Gasteiger partial charge in [0.2, 0.25) is 5.91 Å². The summed E-state index contributed by atoms with van der Waals surface area (Å²) in [5.41, 5.74) is 0. The molecule has 8 heteroatoms. The highest BCUT2D eigenvalue weighted by Gasteiger charge is 2.14. The third-order valence-corrected chi connectivity index (χ3v) is 10.7. The van der Waals surface area contributed by atoms with E-state index in [2.05, 4.69) is 37.5 Å². The molecule has 0 heterocycles. The predicted molar refractivity (Wildman–Crippen MR) is 228 cm³/mol. The Balaban J connectivity index is 4.40. The van der Waals surface area contributed by atoms with E-state index in [1.54, 1.807) is 0 Å². The summed E-state index contributed by atoms with van der Waals surface area (Å²) in [4.78, 5) is 30.2. The van der Waals surface area contributed by atoms with E-state index in [9.17, 15) is 9.59 Å². The maximum atomic E-state index is 13.1. The monoisotopic (exact) mass is 769 g/mol. The molecule has 1 unspecified atom stereocenters. The molecule has 0 spiro atoms. The van der Waals surface area contributed by atoms with Crippen LogP contribution in [0.3, 0.4) is 0 Å². The van der Waals surface area contributed by atoms with Gasteiger partial charge < -0.3 is 29.1 Å². The number of ether oxygens (including phenoxy) is 3. The van der Waals surface area contributed by atoms with Crippen molar-refractivity contribution < 1.29 is 28.9 Å². The van der Waals surface area contributed by atoms with Gasteiger partial charge in [-0.3, -0.25) is 9.59 Å². The van der Waals surface area contributed by atoms with Crippen molar-refractivity contribution in [2.45, 2.75) is 207 Å². The largest absolute Gasteiger partial charge is 0.465 e. The molecular weight excluding hydrogens is 677 g/mol. The molecule has 0 aromatic carbocycles. The Bertz CT molecular complexity index is 772. The lowest BCUT2D eigenvalue weighted by Gasteiger charge is -2.23. The number of rotatable bonds is 44. The average molecular weight is 769 g/mol. The zero-order valence-electron chi connectivity index (χ0n) is 36.5. The zero-order valence-corrected chi connectivity index (χ0v) is 36.5. The Morgan fingerprint density at radius 3 is 1.52 bits per heavy atom. The molecule has 0 bridgehead atoms. The van der Waals surface area contributed by atoms with Crippen molar-refractivity contribution in [1.82, 2.24) is 9.80 Å². The molecule has 8 nitrogen and oxygen atoms in total. The van der Waals surface area contributed by atoms with E-state index in [1.165, 1.54) is 116 Å². The van der Waals surface area contributed by atoms with Gasteiger partial charge in [-0.25, -0.2) is 0 Å². The Kier molecular flexibility index (Phi) is 41.9. The number of aliphatic hydroxyl groups excluding tert-OH is 1. The van der Waals surface area contributed by atoms with Crippen LogP contribution >= 0.6 is 0 Å². The van der Waals surface area contributed by atoms with E-state index in [-0.39, 0.29) is 12.6 Å². The van der Waals surface area contributed by atoms with Crippen LogP contribution in [0.25, 0.3) is 0 Å². The Morgan fingerprint density at radius 2 is 0.944 bits per heavy atom. The molecule has 0 radical (unpaired) electrons. The van der Waals surface area contributed by atoms with Crippen molar-refractivity contribution in [2.75, 3.05) is 72.4 Å². The van der Waals surface area contributed by atoms with Crippen molar-refractivity contribution in [2.24, 2.45) is 5.92 Å². The van der Waals surface area contributed by atoms with Gasteiger partial charge in [0.1, 0.15) is 0 Å². The summed E-state index contributed by atoms with van der Waals surface area (Å²) >= 11 is 0. The normalized spacial score (nSPS) is 12.1. The van der Waals surface area contributed by atoms with Gasteiger partial charge in [-0.05, 0) is 70.4 Å². The van der Waals surface area contributed by atoms with Crippen LogP contribution in [0.2, 0.25) is 0 Å². The minimum Gasteiger partial charge on any atom is -0.465 e. The molecule has 0 rings (SSSR count). The first-order valence-corrected chi connectivity index (χ1v) is 23.4. The average Bonchev–Trinajstić information content (AvgIpc) is 3.17. The molecule has 1 N–H and O–H groups in total. The number of hydrogen-bond donors (Lipinski definition) is 1. The summed E-state index contributed by atoms with van der Waals surface area (Å²) < 4.78 is 16.9. The third kappa shape index (κ3) is 36.4. The maximum Gasteiger partial charge on any atom is 0.305 e. The molecule has 0 saturated carbocycles. The highest BCUT2D eigenvalue weighted by atomic mass is 16.5. The molecule has 1 amide bonds. The molecule has 0 saturated heterocycles. The fourth-order valence-corrected chi connectivity index (χ4v) is 7.12. The van der Waals surface area contributed by atoms with Crippen molar-refractivity contribution in [3.63, 3.8) is 0 Å². The van der Waals surface area contributed by atoms with Gasteiger partial charge >= 0.3 is 5.97 Å². The first-order chi connectivity index (χ1) is 26.5. The zero-order chi connectivity index (χ0) is 39.6. The van der Waals surface area contributed by atoms with Crippen molar-refractivity contribution >= 4 is 11.9 Å². The third-order valence-electron chi connectivity index (χ3n) is 10.7. The Hall–Kier alpha value is -1.22. The summed E-state index contributed by atoms with van der Waals surface area (Å²) in [5.74, 6) is 0.887. The summed E-state index contributed by atoms with van der Waals surface area (Å²) in [7, 11) is 0. The maximum absolute atomic E-state index is 13.1. The van der Waals surface area contributed by atoms with E-state index in [0.29, 0.717) is 57.7 Å². The van der Waals surface area contributed by atoms with Crippen LogP contribution < -0.4 is 0 Å². The number of unbranched alkanes of at least 4 members (excludes halogenated alkanes) is 18. The van der Waals surface area contributed by atoms with Gasteiger partial charge in [-0.1, -0.05) is 143 Å². The SMILES string of the molecule is CCCCCCC(CCCC)COC(=O)CCCCCCCN(CCCCCCCC(=O)N(CCCCCC)CCCCCC)CCOCCOCCO. The van der Waals surface area contributed by atoms with E-state index in [1.807, 2.05) is 0 Å². The second kappa shape index (κ2) is 42.9. The number of carbonyl (C=O) groups is 2. The quantitative estimate of drug-likeness (QED) is 0.0488. The van der Waals surface area contributed by atoms with Crippen LogP contribution in [0.15, 0.2) is 0 Å². The minimum absolute atomic E-state index is 0.0119. The van der Waals surface area contributed by atoms with Crippen LogP contribution in [0.5, 0.6) is 0 Å². The first-order valence-electron chi connectivity index (χ1n) is 23.4. The van der Waals surface area contributed by atoms with E-state index < -0.39 is 0 Å². The molecular formula is C46H92N2O6. The van der Waals surface area contributed by atoms with E-state index >= 15 is 0 Å². The lowest BCUT2D eigenvalue weighted by molar-refractivity contribution is -0.145. The minimum atomic E-state index is -0.0119. The van der Waals surface area contributed by atoms with E-state index in [0.717, 1.165) is 84.1 Å².